The number of nitrogens with two attached hydrogens (primary N) is 1. The van der Waals surface area contributed by atoms with Gasteiger partial charge in [-0.25, -0.2) is 8.78 Å². The van der Waals surface area contributed by atoms with Gasteiger partial charge in [0.25, 0.3) is 5.91 Å². The Hall–Kier alpha value is -2.51. The van der Waals surface area contributed by atoms with E-state index in [9.17, 15) is 13.6 Å². The number of carbonyl (C=O) groups is 1. The second-order valence-electron chi connectivity index (χ2n) is 3.14. The number of amides is 1. The van der Waals surface area contributed by atoms with Crippen LogP contribution < -0.4 is 5.73 Å². The molecule has 0 saturated carbocycles. The molecule has 8 heteroatoms. The molecule has 88 valence electrons. The average molecular weight is 240 g/mol. The number of primary amides is 1. The molecule has 0 aliphatic heterocycles. The van der Waals surface area contributed by atoms with Gasteiger partial charge < -0.3 is 10.8 Å². The molecule has 1 aromatic heterocycles. The zero-order chi connectivity index (χ0) is 12.6. The van der Waals surface area contributed by atoms with Crippen LogP contribution in [0.3, 0.4) is 0 Å². The summed E-state index contributed by atoms with van der Waals surface area (Å²) in [5.41, 5.74) is 3.51. The van der Waals surface area contributed by atoms with Gasteiger partial charge in [-0.15, -0.1) is 0 Å². The minimum absolute atomic E-state index is 0.386. The van der Waals surface area contributed by atoms with E-state index in [0.717, 1.165) is 12.1 Å². The number of aromatic nitrogens is 3. The van der Waals surface area contributed by atoms with E-state index in [1.54, 1.807) is 0 Å². The van der Waals surface area contributed by atoms with Gasteiger partial charge in [-0.3, -0.25) is 4.79 Å². The molecule has 2 rings (SSSR count). The zero-order valence-electron chi connectivity index (χ0n) is 8.24. The molecule has 1 amide bonds. The lowest BCUT2D eigenvalue weighted by Crippen LogP contribution is -2.13. The minimum atomic E-state index is -1.23. The lowest BCUT2D eigenvalue weighted by atomic mass is 10.1. The second-order valence-corrected chi connectivity index (χ2v) is 3.14. The van der Waals surface area contributed by atoms with Crippen LogP contribution >= 0.6 is 0 Å². The van der Waals surface area contributed by atoms with E-state index in [4.69, 9.17) is 10.8 Å². The molecule has 0 aliphatic rings. The smallest absolute Gasteiger partial charge is 0.271 e. The topological polar surface area (TPSA) is 105 Å². The largest absolute Gasteiger partial charge is 0.505 e. The van der Waals surface area contributed by atoms with Gasteiger partial charge in [0.15, 0.2) is 17.3 Å². The summed E-state index contributed by atoms with van der Waals surface area (Å²) in [7, 11) is 0. The van der Waals surface area contributed by atoms with E-state index in [2.05, 4.69) is 10.2 Å². The third-order valence-electron chi connectivity index (χ3n) is 2.09. The lowest BCUT2D eigenvalue weighted by Gasteiger charge is -2.03. The van der Waals surface area contributed by atoms with Crippen LogP contribution in [0.5, 0.6) is 5.75 Å². The number of aromatic amines is 1. The normalized spacial score (nSPS) is 10.5. The van der Waals surface area contributed by atoms with Crippen molar-refractivity contribution in [3.8, 4) is 17.0 Å². The van der Waals surface area contributed by atoms with Gasteiger partial charge in [0.1, 0.15) is 11.5 Å². The monoisotopic (exact) mass is 240 g/mol. The van der Waals surface area contributed by atoms with Crippen LogP contribution in [0.4, 0.5) is 8.78 Å². The fourth-order valence-corrected chi connectivity index (χ4v) is 1.34. The summed E-state index contributed by atoms with van der Waals surface area (Å²) >= 11 is 0. The first kappa shape index (κ1) is 11.0. The van der Waals surface area contributed by atoms with Gasteiger partial charge in [-0.1, -0.05) is 0 Å². The van der Waals surface area contributed by atoms with Crippen LogP contribution in [0.2, 0.25) is 0 Å². The third-order valence-corrected chi connectivity index (χ3v) is 2.09. The number of hydrogen-bond acceptors (Lipinski definition) is 4. The number of H-pyrrole nitrogens is 1. The van der Waals surface area contributed by atoms with Gasteiger partial charge in [0.05, 0.1) is 5.56 Å². The number of carbonyl (C=O) groups excluding carboxylic acids is 1. The number of nitrogens with zero attached hydrogens (tertiary/aromatic N) is 2. The Labute approximate surface area is 93.1 Å². The molecule has 0 saturated heterocycles. The molecule has 0 unspecified atom stereocenters. The number of rotatable bonds is 2. The Morgan fingerprint density at radius 3 is 2.71 bits per heavy atom. The van der Waals surface area contributed by atoms with Crippen LogP contribution in [0, 0.1) is 11.6 Å². The summed E-state index contributed by atoms with van der Waals surface area (Å²) in [5, 5.41) is 18.0. The average Bonchev–Trinajstić information content (AvgIpc) is 2.73. The van der Waals surface area contributed by atoms with Gasteiger partial charge in [-0.05, 0) is 12.1 Å². The number of nitrogens with one attached hydrogen (secondary N) is 1. The van der Waals surface area contributed by atoms with Gasteiger partial charge in [-0.2, -0.15) is 15.4 Å². The van der Waals surface area contributed by atoms with Gasteiger partial charge >= 0.3 is 0 Å². The number of hydrogen-bond donors (Lipinski definition) is 3. The minimum Gasteiger partial charge on any atom is -0.505 e. The van der Waals surface area contributed by atoms with E-state index < -0.39 is 34.5 Å². The van der Waals surface area contributed by atoms with Crippen molar-refractivity contribution in [1.29, 1.82) is 0 Å². The van der Waals surface area contributed by atoms with Crippen LogP contribution in [-0.2, 0) is 0 Å². The molecular formula is C9H6F2N4O2. The highest BCUT2D eigenvalue weighted by Crippen LogP contribution is 2.30. The van der Waals surface area contributed by atoms with Crippen molar-refractivity contribution in [3.05, 3.63) is 29.5 Å². The van der Waals surface area contributed by atoms with Crippen molar-refractivity contribution >= 4 is 5.91 Å². The first-order valence-electron chi connectivity index (χ1n) is 4.40. The molecule has 6 nitrogen and oxygen atoms in total. The van der Waals surface area contributed by atoms with Crippen molar-refractivity contribution < 1.29 is 18.7 Å². The Morgan fingerprint density at radius 1 is 1.35 bits per heavy atom. The Morgan fingerprint density at radius 2 is 2.06 bits per heavy atom. The van der Waals surface area contributed by atoms with Crippen molar-refractivity contribution in [2.24, 2.45) is 5.73 Å². The van der Waals surface area contributed by atoms with Crippen LogP contribution in [0.1, 0.15) is 10.5 Å². The highest BCUT2D eigenvalue weighted by atomic mass is 19.1. The first-order valence-corrected chi connectivity index (χ1v) is 4.40. The maximum atomic E-state index is 13.5. The summed E-state index contributed by atoms with van der Waals surface area (Å²) in [5.74, 6) is -3.98. The molecule has 0 bridgehead atoms. The maximum Gasteiger partial charge on any atom is 0.271 e. The van der Waals surface area contributed by atoms with Crippen molar-refractivity contribution in [2.75, 3.05) is 0 Å². The molecule has 0 fully saturated rings. The summed E-state index contributed by atoms with van der Waals surface area (Å²) in [6, 6.07) is 1.69. The molecule has 0 radical (unpaired) electrons. The van der Waals surface area contributed by atoms with E-state index in [-0.39, 0.29) is 5.69 Å². The quantitative estimate of drug-likeness (QED) is 0.712. The fourth-order valence-electron chi connectivity index (χ4n) is 1.34. The van der Waals surface area contributed by atoms with E-state index in [1.807, 2.05) is 5.21 Å². The molecular weight excluding hydrogens is 234 g/mol. The first-order chi connectivity index (χ1) is 8.02. The van der Waals surface area contributed by atoms with E-state index >= 15 is 0 Å². The van der Waals surface area contributed by atoms with Gasteiger partial charge in [0.2, 0.25) is 0 Å². The molecule has 1 heterocycles. The molecule has 0 aliphatic carbocycles. The Bertz CT molecular complexity index is 597. The second kappa shape index (κ2) is 3.81. The summed E-state index contributed by atoms with van der Waals surface area (Å²) < 4.78 is 27.0. The number of halogens is 2. The Balaban J connectivity index is 2.72. The number of phenols is 1. The summed E-state index contributed by atoms with van der Waals surface area (Å²) in [6.07, 6.45) is 0. The number of phenolic OH excluding ortho intramolecular Hbond substituents is 1. The predicted molar refractivity (Wildman–Crippen MR) is 51.9 cm³/mol. The zero-order valence-corrected chi connectivity index (χ0v) is 8.24. The van der Waals surface area contributed by atoms with Crippen LogP contribution in [0.15, 0.2) is 12.1 Å². The van der Waals surface area contributed by atoms with E-state index in [0.29, 0.717) is 0 Å². The molecule has 17 heavy (non-hydrogen) atoms. The highest BCUT2D eigenvalue weighted by molar-refractivity contribution is 5.96. The lowest BCUT2D eigenvalue weighted by molar-refractivity contribution is 0.0996. The fraction of sp³-hybridized carbons (Fsp3) is 0. The predicted octanol–water partition coefficient (Wildman–Crippen LogP) is 0.554. The van der Waals surface area contributed by atoms with Crippen molar-refractivity contribution in [1.82, 2.24) is 15.4 Å². The van der Waals surface area contributed by atoms with Gasteiger partial charge in [0, 0.05) is 0 Å². The SMILES string of the molecule is NC(=O)c1n[nH]nc1-c1c(F)ccc(O)c1F. The standard InChI is InChI=1S/C9H6F2N4O2/c10-3-1-2-4(16)6(11)5(3)7-8(9(12)17)14-15-13-7/h1-2,16H,(H2,12,17)(H,13,14,15). The van der Waals surface area contributed by atoms with Crippen molar-refractivity contribution in [3.63, 3.8) is 0 Å². The Kier molecular flexibility index (Phi) is 2.47. The summed E-state index contributed by atoms with van der Waals surface area (Å²) in [6.45, 7) is 0. The number of aromatic hydroxyl groups is 1. The molecule has 0 atom stereocenters. The van der Waals surface area contributed by atoms with Crippen LogP contribution in [0.25, 0.3) is 11.3 Å². The third kappa shape index (κ3) is 1.69. The highest BCUT2D eigenvalue weighted by Gasteiger charge is 2.23. The molecule has 4 N–H and O–H groups in total. The molecule has 2 aromatic rings. The number of benzene rings is 1. The molecule has 1 aromatic carbocycles. The van der Waals surface area contributed by atoms with Crippen molar-refractivity contribution in [2.45, 2.75) is 0 Å². The summed E-state index contributed by atoms with van der Waals surface area (Å²) in [4.78, 5) is 11.0. The maximum absolute atomic E-state index is 13.5. The van der Waals surface area contributed by atoms with Crippen LogP contribution in [-0.4, -0.2) is 26.4 Å². The molecule has 0 spiro atoms. The van der Waals surface area contributed by atoms with E-state index in [1.165, 1.54) is 0 Å².